The lowest BCUT2D eigenvalue weighted by Gasteiger charge is -2.15. The molecule has 0 aromatic rings. The second-order valence-electron chi connectivity index (χ2n) is 6.73. The molecule has 0 bridgehead atoms. The summed E-state index contributed by atoms with van der Waals surface area (Å²) >= 11 is 3.02. The lowest BCUT2D eigenvalue weighted by Crippen LogP contribution is -2.34. The number of hydrogen-bond acceptors (Lipinski definition) is 6. The van der Waals surface area contributed by atoms with Crippen LogP contribution in [-0.4, -0.2) is 50.1 Å². The third-order valence-corrected chi connectivity index (χ3v) is 4.60. The molecule has 1 fully saturated rings. The van der Waals surface area contributed by atoms with Crippen LogP contribution < -0.4 is 11.1 Å². The van der Waals surface area contributed by atoms with Crippen LogP contribution >= 0.6 is 15.9 Å². The van der Waals surface area contributed by atoms with E-state index in [1.54, 1.807) is 6.92 Å². The number of nitrogens with one attached hydrogen (secondary N) is 2. The molecule has 2 unspecified atom stereocenters. The summed E-state index contributed by atoms with van der Waals surface area (Å²) in [6.45, 7) is 8.37. The standard InChI is InChI=1S/C7H8BrNO2.C7H14.C6H16N2O/c1-5(7(10)11-2)3-6(8)4-9;1-7-5-3-2-4-6-7;1-5(9)6(7)3-4-8-2/h3-4,9H,1H2,2H3;7H,2-6H2,1H3;5-6,8-9H,3-4,7H2,1-2H3/b6-3+,9-4?;;. The minimum Gasteiger partial charge on any atom is -0.465 e. The number of allylic oxidation sites excluding steroid dienone is 1. The van der Waals surface area contributed by atoms with Gasteiger partial charge in [-0.05, 0) is 54.9 Å². The quantitative estimate of drug-likeness (QED) is 0.206. The zero-order valence-electron chi connectivity index (χ0n) is 17.3. The SMILES string of the molecule is C=C(/C=C(/Br)C=N)C(=O)OC.CC1CCCCC1.CNCCC(N)C(C)O. The van der Waals surface area contributed by atoms with Gasteiger partial charge < -0.3 is 26.3 Å². The number of carbonyl (C=O) groups is 1. The number of rotatable bonds is 7. The molecule has 0 spiro atoms. The molecule has 7 heteroatoms. The van der Waals surface area contributed by atoms with Crippen molar-refractivity contribution in [2.75, 3.05) is 20.7 Å². The number of methoxy groups -OCH3 is 1. The van der Waals surface area contributed by atoms with Gasteiger partial charge in [0.05, 0.1) is 18.8 Å². The molecule has 1 aliphatic carbocycles. The Morgan fingerprint density at radius 1 is 1.44 bits per heavy atom. The van der Waals surface area contributed by atoms with Crippen LogP contribution in [0.15, 0.2) is 22.7 Å². The largest absolute Gasteiger partial charge is 0.465 e. The molecule has 6 nitrogen and oxygen atoms in total. The van der Waals surface area contributed by atoms with Crippen molar-refractivity contribution >= 4 is 28.1 Å². The Labute approximate surface area is 173 Å². The van der Waals surface area contributed by atoms with E-state index in [2.05, 4.69) is 39.5 Å². The first kappa shape index (κ1) is 28.2. The van der Waals surface area contributed by atoms with Gasteiger partial charge in [-0.1, -0.05) is 45.6 Å². The van der Waals surface area contributed by atoms with Gasteiger partial charge in [0.1, 0.15) is 0 Å². The van der Waals surface area contributed by atoms with Crippen LogP contribution in [0.3, 0.4) is 0 Å². The Kier molecular flexibility index (Phi) is 19.2. The molecule has 1 aliphatic rings. The molecular weight excluding hydrogens is 410 g/mol. The Morgan fingerprint density at radius 2 is 2.00 bits per heavy atom. The number of aliphatic hydroxyl groups excluding tert-OH is 1. The zero-order valence-corrected chi connectivity index (χ0v) is 18.8. The van der Waals surface area contributed by atoms with Crippen LogP contribution in [0.25, 0.3) is 0 Å². The second kappa shape index (κ2) is 18.3. The molecule has 1 rings (SSSR count). The molecule has 1 saturated carbocycles. The maximum atomic E-state index is 10.7. The molecule has 0 saturated heterocycles. The highest BCUT2D eigenvalue weighted by Crippen LogP contribution is 2.22. The highest BCUT2D eigenvalue weighted by molar-refractivity contribution is 9.12. The van der Waals surface area contributed by atoms with Crippen molar-refractivity contribution in [1.82, 2.24) is 5.32 Å². The van der Waals surface area contributed by atoms with Crippen LogP contribution in [0.1, 0.15) is 52.4 Å². The average Bonchev–Trinajstić information content (AvgIpc) is 2.66. The van der Waals surface area contributed by atoms with Crippen molar-refractivity contribution in [2.45, 2.75) is 64.5 Å². The van der Waals surface area contributed by atoms with Crippen LogP contribution in [0.5, 0.6) is 0 Å². The Morgan fingerprint density at radius 3 is 2.33 bits per heavy atom. The van der Waals surface area contributed by atoms with E-state index in [4.69, 9.17) is 16.2 Å². The van der Waals surface area contributed by atoms with Crippen LogP contribution in [0, 0.1) is 11.3 Å². The number of halogens is 1. The summed E-state index contributed by atoms with van der Waals surface area (Å²) in [5.74, 6) is 0.539. The van der Waals surface area contributed by atoms with Gasteiger partial charge in [-0.25, -0.2) is 4.79 Å². The maximum Gasteiger partial charge on any atom is 0.337 e. The second-order valence-corrected chi connectivity index (χ2v) is 7.65. The molecule has 5 N–H and O–H groups in total. The minimum atomic E-state index is -0.496. The average molecular weight is 448 g/mol. The molecule has 0 amide bonds. The smallest absolute Gasteiger partial charge is 0.337 e. The van der Waals surface area contributed by atoms with E-state index in [0.29, 0.717) is 4.48 Å². The van der Waals surface area contributed by atoms with E-state index < -0.39 is 12.1 Å². The predicted molar refractivity (Wildman–Crippen MR) is 117 cm³/mol. The lowest BCUT2D eigenvalue weighted by molar-refractivity contribution is -0.135. The van der Waals surface area contributed by atoms with Crippen molar-refractivity contribution in [3.05, 3.63) is 22.7 Å². The predicted octanol–water partition coefficient (Wildman–Crippen LogP) is 3.53. The van der Waals surface area contributed by atoms with Crippen LogP contribution in [0.2, 0.25) is 0 Å². The number of hydrogen-bond donors (Lipinski definition) is 4. The van der Waals surface area contributed by atoms with Crippen LogP contribution in [-0.2, 0) is 9.53 Å². The summed E-state index contributed by atoms with van der Waals surface area (Å²) in [6, 6.07) is -0.0857. The van der Waals surface area contributed by atoms with Crippen molar-refractivity contribution < 1.29 is 14.6 Å². The summed E-state index contributed by atoms with van der Waals surface area (Å²) < 4.78 is 4.86. The normalized spacial score (nSPS) is 16.6. The monoisotopic (exact) mass is 447 g/mol. The fourth-order valence-corrected chi connectivity index (χ4v) is 2.53. The first-order valence-electron chi connectivity index (χ1n) is 9.42. The first-order valence-corrected chi connectivity index (χ1v) is 10.2. The molecule has 0 heterocycles. The highest BCUT2D eigenvalue weighted by Gasteiger charge is 2.07. The van der Waals surface area contributed by atoms with E-state index in [-0.39, 0.29) is 11.6 Å². The van der Waals surface area contributed by atoms with E-state index >= 15 is 0 Å². The van der Waals surface area contributed by atoms with Gasteiger partial charge in [0.2, 0.25) is 0 Å². The molecule has 158 valence electrons. The van der Waals surface area contributed by atoms with Crippen LogP contribution in [0.4, 0.5) is 0 Å². The van der Waals surface area contributed by atoms with Gasteiger partial charge in [0, 0.05) is 16.7 Å². The molecule has 27 heavy (non-hydrogen) atoms. The van der Waals surface area contributed by atoms with E-state index in [0.717, 1.165) is 25.1 Å². The molecule has 0 aromatic carbocycles. The Bertz CT molecular complexity index is 448. The molecule has 0 aromatic heterocycles. The third-order valence-electron chi connectivity index (χ3n) is 4.14. The van der Waals surface area contributed by atoms with Crippen molar-refractivity contribution in [2.24, 2.45) is 11.7 Å². The minimum absolute atomic E-state index is 0.0857. The molecular formula is C20H38BrN3O3. The summed E-state index contributed by atoms with van der Waals surface area (Å²) in [5.41, 5.74) is 5.72. The van der Waals surface area contributed by atoms with Crippen molar-refractivity contribution in [3.63, 3.8) is 0 Å². The zero-order chi connectivity index (χ0) is 21.2. The van der Waals surface area contributed by atoms with Gasteiger partial charge in [0.25, 0.3) is 0 Å². The number of ether oxygens (including phenoxy) is 1. The van der Waals surface area contributed by atoms with E-state index in [1.807, 2.05) is 7.05 Å². The summed E-state index contributed by atoms with van der Waals surface area (Å²) in [5, 5.41) is 18.6. The lowest BCUT2D eigenvalue weighted by atomic mass is 9.91. The Balaban J connectivity index is 0. The summed E-state index contributed by atoms with van der Waals surface area (Å²) in [6.07, 6.45) is 10.4. The fraction of sp³-hybridized carbons (Fsp3) is 0.700. The first-order chi connectivity index (χ1) is 12.7. The van der Waals surface area contributed by atoms with Gasteiger partial charge >= 0.3 is 5.97 Å². The third kappa shape index (κ3) is 18.1. The van der Waals surface area contributed by atoms with Gasteiger partial charge in [-0.15, -0.1) is 0 Å². The summed E-state index contributed by atoms with van der Waals surface area (Å²) in [7, 11) is 3.15. The maximum absolute atomic E-state index is 10.7. The van der Waals surface area contributed by atoms with Gasteiger partial charge in [-0.2, -0.15) is 0 Å². The molecule has 2 atom stereocenters. The van der Waals surface area contributed by atoms with E-state index in [9.17, 15) is 4.79 Å². The van der Waals surface area contributed by atoms with E-state index in [1.165, 1.54) is 45.3 Å². The van der Waals surface area contributed by atoms with Crippen molar-refractivity contribution in [3.8, 4) is 0 Å². The van der Waals surface area contributed by atoms with Crippen molar-refractivity contribution in [1.29, 1.82) is 5.41 Å². The number of nitrogens with two attached hydrogens (primary N) is 1. The topological polar surface area (TPSA) is 108 Å². The van der Waals surface area contributed by atoms with Gasteiger partial charge in [0.15, 0.2) is 0 Å². The number of carbonyl (C=O) groups excluding carboxylic acids is 1. The van der Waals surface area contributed by atoms with Gasteiger partial charge in [-0.3, -0.25) is 0 Å². The number of esters is 1. The Hall–Kier alpha value is -1.02. The molecule has 0 radical (unpaired) electrons. The highest BCUT2D eigenvalue weighted by atomic mass is 79.9. The fourth-order valence-electron chi connectivity index (χ4n) is 2.26. The molecule has 0 aliphatic heterocycles. The number of aliphatic hydroxyl groups is 1. The summed E-state index contributed by atoms with van der Waals surface area (Å²) in [4.78, 5) is 10.7.